The van der Waals surface area contributed by atoms with Crippen molar-refractivity contribution in [1.29, 1.82) is 0 Å². The summed E-state index contributed by atoms with van der Waals surface area (Å²) in [6, 6.07) is 11.2. The average Bonchev–Trinajstić information content (AvgIpc) is 3.01. The molecule has 0 amide bonds. The van der Waals surface area contributed by atoms with Gasteiger partial charge >= 0.3 is 0 Å². The van der Waals surface area contributed by atoms with E-state index < -0.39 is 0 Å². The molecule has 1 heterocycles. The van der Waals surface area contributed by atoms with Gasteiger partial charge in [0.1, 0.15) is 0 Å². The molecule has 0 unspecified atom stereocenters. The summed E-state index contributed by atoms with van der Waals surface area (Å²) in [6.07, 6.45) is 1.59. The summed E-state index contributed by atoms with van der Waals surface area (Å²) in [4.78, 5) is 0. The Morgan fingerprint density at radius 1 is 1.19 bits per heavy atom. The number of H-pyrrole nitrogens is 1. The number of nitrogens with zero attached hydrogens (tertiary/aromatic N) is 3. The fourth-order valence-corrected chi connectivity index (χ4v) is 2.66. The van der Waals surface area contributed by atoms with Crippen molar-refractivity contribution in [2.24, 2.45) is 5.10 Å². The zero-order chi connectivity index (χ0) is 18.7. The highest BCUT2D eigenvalue weighted by atomic mass is 32.1. The molecular formula is C18H18N4O3S. The van der Waals surface area contributed by atoms with Crippen LogP contribution in [0.3, 0.4) is 0 Å². The number of methoxy groups -OCH3 is 2. The number of nitrogens with one attached hydrogen (secondary N) is 1. The van der Waals surface area contributed by atoms with Crippen LogP contribution in [0.5, 0.6) is 17.2 Å². The van der Waals surface area contributed by atoms with Crippen molar-refractivity contribution in [3.05, 3.63) is 52.3 Å². The van der Waals surface area contributed by atoms with Crippen LogP contribution in [-0.4, -0.2) is 40.4 Å². The number of aromatic amines is 1. The van der Waals surface area contributed by atoms with Crippen LogP contribution in [0.4, 0.5) is 0 Å². The molecule has 0 saturated carbocycles. The predicted octanol–water partition coefficient (Wildman–Crippen LogP) is 3.52. The van der Waals surface area contributed by atoms with Crippen LogP contribution in [-0.2, 0) is 0 Å². The summed E-state index contributed by atoms with van der Waals surface area (Å²) in [6.45, 7) is 2.01. The summed E-state index contributed by atoms with van der Waals surface area (Å²) in [5.74, 6) is 1.13. The molecule has 26 heavy (non-hydrogen) atoms. The van der Waals surface area contributed by atoms with Gasteiger partial charge in [-0.3, -0.25) is 0 Å². The van der Waals surface area contributed by atoms with Gasteiger partial charge in [-0.25, -0.2) is 5.10 Å². The number of hydrogen-bond donors (Lipinski definition) is 2. The molecule has 0 fully saturated rings. The van der Waals surface area contributed by atoms with Gasteiger partial charge in [-0.05, 0) is 37.3 Å². The zero-order valence-corrected chi connectivity index (χ0v) is 15.4. The number of hydrogen-bond acceptors (Lipinski definition) is 6. The second-order valence-corrected chi connectivity index (χ2v) is 5.94. The Hall–Kier alpha value is -3.13. The Labute approximate surface area is 155 Å². The third-order valence-electron chi connectivity index (χ3n) is 3.75. The lowest BCUT2D eigenvalue weighted by molar-refractivity contribution is 0.340. The number of aromatic nitrogens is 3. The van der Waals surface area contributed by atoms with E-state index in [1.165, 1.54) is 18.9 Å². The second kappa shape index (κ2) is 7.40. The molecule has 134 valence electrons. The number of rotatable bonds is 5. The van der Waals surface area contributed by atoms with Crippen molar-refractivity contribution in [3.8, 4) is 28.6 Å². The minimum Gasteiger partial charge on any atom is -0.502 e. The molecule has 0 bridgehead atoms. The maximum Gasteiger partial charge on any atom is 0.216 e. The van der Waals surface area contributed by atoms with Gasteiger partial charge in [0.05, 0.1) is 20.4 Å². The first-order chi connectivity index (χ1) is 12.5. The molecule has 0 aliphatic carbocycles. The van der Waals surface area contributed by atoms with E-state index in [1.807, 2.05) is 31.2 Å². The van der Waals surface area contributed by atoms with Crippen LogP contribution < -0.4 is 9.47 Å². The minimum atomic E-state index is -0.0625. The molecule has 1 aromatic heterocycles. The normalized spacial score (nSPS) is 11.0. The van der Waals surface area contributed by atoms with E-state index in [0.717, 1.165) is 11.1 Å². The van der Waals surface area contributed by atoms with E-state index in [9.17, 15) is 5.11 Å². The van der Waals surface area contributed by atoms with Crippen LogP contribution in [0.1, 0.15) is 11.1 Å². The Kier molecular flexibility index (Phi) is 5.04. The maximum absolute atomic E-state index is 10.00. The molecule has 8 heteroatoms. The molecule has 3 rings (SSSR count). The van der Waals surface area contributed by atoms with Gasteiger partial charge in [0.15, 0.2) is 17.3 Å². The fraction of sp³-hybridized carbons (Fsp3) is 0.167. The molecule has 0 aliphatic heterocycles. The number of ether oxygens (including phenoxy) is 2. The molecular weight excluding hydrogens is 352 g/mol. The van der Waals surface area contributed by atoms with Gasteiger partial charge in [0.25, 0.3) is 0 Å². The number of phenols is 1. The van der Waals surface area contributed by atoms with Gasteiger partial charge in [-0.15, -0.1) is 0 Å². The van der Waals surface area contributed by atoms with Crippen molar-refractivity contribution >= 4 is 18.4 Å². The third kappa shape index (κ3) is 3.45. The van der Waals surface area contributed by atoms with Gasteiger partial charge < -0.3 is 14.6 Å². The first-order valence-electron chi connectivity index (χ1n) is 7.77. The van der Waals surface area contributed by atoms with Crippen LogP contribution in [0.15, 0.2) is 41.5 Å². The van der Waals surface area contributed by atoms with E-state index in [1.54, 1.807) is 18.3 Å². The van der Waals surface area contributed by atoms with E-state index >= 15 is 0 Å². The molecule has 0 saturated heterocycles. The monoisotopic (exact) mass is 370 g/mol. The van der Waals surface area contributed by atoms with E-state index in [-0.39, 0.29) is 5.75 Å². The highest BCUT2D eigenvalue weighted by Crippen LogP contribution is 2.36. The molecule has 2 N–H and O–H groups in total. The van der Waals surface area contributed by atoms with E-state index in [0.29, 0.717) is 27.7 Å². The average molecular weight is 370 g/mol. The summed E-state index contributed by atoms with van der Waals surface area (Å²) in [5, 5.41) is 21.4. The first-order valence-corrected chi connectivity index (χ1v) is 8.18. The largest absolute Gasteiger partial charge is 0.502 e. The molecule has 0 aliphatic rings. The predicted molar refractivity (Wildman–Crippen MR) is 102 cm³/mol. The van der Waals surface area contributed by atoms with Crippen molar-refractivity contribution in [2.45, 2.75) is 6.92 Å². The lowest BCUT2D eigenvalue weighted by Crippen LogP contribution is -1.96. The molecule has 2 aromatic carbocycles. The van der Waals surface area contributed by atoms with Crippen LogP contribution in [0, 0.1) is 11.7 Å². The lowest BCUT2D eigenvalue weighted by Gasteiger charge is -2.09. The van der Waals surface area contributed by atoms with Crippen molar-refractivity contribution in [3.63, 3.8) is 0 Å². The highest BCUT2D eigenvalue weighted by molar-refractivity contribution is 7.71. The first kappa shape index (κ1) is 17.7. The van der Waals surface area contributed by atoms with Crippen LogP contribution in [0.2, 0.25) is 0 Å². The molecule has 3 aromatic rings. The van der Waals surface area contributed by atoms with E-state index in [4.69, 9.17) is 21.7 Å². The van der Waals surface area contributed by atoms with Crippen molar-refractivity contribution in [1.82, 2.24) is 14.9 Å². The zero-order valence-electron chi connectivity index (χ0n) is 14.6. The Morgan fingerprint density at radius 2 is 1.88 bits per heavy atom. The lowest BCUT2D eigenvalue weighted by atomic mass is 10.1. The second-order valence-electron chi connectivity index (χ2n) is 5.55. The Balaban J connectivity index is 2.02. The van der Waals surface area contributed by atoms with Crippen LogP contribution >= 0.6 is 12.2 Å². The number of phenolic OH excluding ortho intramolecular Hbond substituents is 1. The Morgan fingerprint density at radius 3 is 2.50 bits per heavy atom. The standard InChI is InChI=1S/C18H18N4O3S/c1-11-5-4-6-13(7-11)17-20-21-18(26)22(17)19-10-12-8-14(24-2)16(23)15(9-12)25-3/h4-10,23H,1-3H3,(H,21,26)/b19-10+. The molecule has 0 radical (unpaired) electrons. The summed E-state index contributed by atoms with van der Waals surface area (Å²) < 4.78 is 12.2. The molecule has 0 atom stereocenters. The number of benzene rings is 2. The molecule has 0 spiro atoms. The Bertz CT molecular complexity index is 998. The summed E-state index contributed by atoms with van der Waals surface area (Å²) in [5.41, 5.74) is 2.69. The summed E-state index contributed by atoms with van der Waals surface area (Å²) >= 11 is 5.28. The van der Waals surface area contributed by atoms with Gasteiger partial charge in [0.2, 0.25) is 10.5 Å². The fourth-order valence-electron chi connectivity index (χ4n) is 2.48. The molecule has 7 nitrogen and oxygen atoms in total. The van der Waals surface area contributed by atoms with Crippen LogP contribution in [0.25, 0.3) is 11.4 Å². The van der Waals surface area contributed by atoms with Crippen molar-refractivity contribution in [2.75, 3.05) is 14.2 Å². The van der Waals surface area contributed by atoms with Gasteiger partial charge in [0, 0.05) is 11.1 Å². The highest BCUT2D eigenvalue weighted by Gasteiger charge is 2.11. The van der Waals surface area contributed by atoms with E-state index in [2.05, 4.69) is 15.3 Å². The third-order valence-corrected chi connectivity index (χ3v) is 4.02. The van der Waals surface area contributed by atoms with Crippen molar-refractivity contribution < 1.29 is 14.6 Å². The topological polar surface area (TPSA) is 84.7 Å². The minimum absolute atomic E-state index is 0.0625. The van der Waals surface area contributed by atoms with Gasteiger partial charge in [-0.1, -0.05) is 23.8 Å². The van der Waals surface area contributed by atoms with Gasteiger partial charge in [-0.2, -0.15) is 14.9 Å². The quantitative estimate of drug-likeness (QED) is 0.530. The number of aromatic hydroxyl groups is 1. The SMILES string of the molecule is COc1cc(/C=N/n2c(-c3cccc(C)c3)n[nH]c2=S)cc(OC)c1O. The number of aryl methyl sites for hydroxylation is 1. The summed E-state index contributed by atoms with van der Waals surface area (Å²) in [7, 11) is 2.94. The smallest absolute Gasteiger partial charge is 0.216 e. The maximum atomic E-state index is 10.00.